The van der Waals surface area contributed by atoms with Gasteiger partial charge in [0.15, 0.2) is 0 Å². The summed E-state index contributed by atoms with van der Waals surface area (Å²) in [7, 11) is 0. The maximum Gasteiger partial charge on any atom is 0.0540 e. The molecule has 0 atom stereocenters. The number of anilines is 6. The summed E-state index contributed by atoms with van der Waals surface area (Å²) in [5, 5.41) is 10.5. The Morgan fingerprint density at radius 2 is 0.667 bits per heavy atom. The van der Waals surface area contributed by atoms with Crippen molar-refractivity contribution in [1.29, 1.82) is 0 Å². The van der Waals surface area contributed by atoms with Gasteiger partial charge in [-0.2, -0.15) is 0 Å². The van der Waals surface area contributed by atoms with Crippen molar-refractivity contribution >= 4 is 77.2 Å². The minimum Gasteiger partial charge on any atom is -0.310 e. The van der Waals surface area contributed by atoms with E-state index in [-0.39, 0.29) is 0 Å². The fraction of sp³-hybridized carbons (Fsp3) is 0.154. The number of rotatable bonds is 6. The molecule has 2 aliphatic carbocycles. The summed E-state index contributed by atoms with van der Waals surface area (Å²) < 4.78 is 0. The van der Waals surface area contributed by atoms with Crippen LogP contribution in [-0.2, 0) is 25.7 Å². The smallest absolute Gasteiger partial charge is 0.0540 e. The molecule has 9 aromatic carbocycles. The lowest BCUT2D eigenvalue weighted by Gasteiger charge is -2.32. The van der Waals surface area contributed by atoms with Crippen molar-refractivity contribution in [2.45, 2.75) is 51.4 Å². The SMILES string of the molecule is c1ccc(N(c2cccc3c2CCCC3)c2ccc3c4ccc(N(c5ccccc5)c5cccc6c5CCCC6)c5cccc(c6cccc2c63)c54)cc1. The Bertz CT molecular complexity index is 2620. The lowest BCUT2D eigenvalue weighted by Crippen LogP contribution is -2.15. The molecule has 0 radical (unpaired) electrons. The van der Waals surface area contributed by atoms with Crippen LogP contribution >= 0.6 is 0 Å². The van der Waals surface area contributed by atoms with Crippen molar-refractivity contribution in [3.05, 3.63) is 180 Å². The summed E-state index contributed by atoms with van der Waals surface area (Å²) in [6, 6.07) is 59.4. The van der Waals surface area contributed by atoms with Crippen LogP contribution < -0.4 is 9.80 Å². The summed E-state index contributed by atoms with van der Waals surface area (Å²) in [5.41, 5.74) is 13.5. The van der Waals surface area contributed by atoms with Gasteiger partial charge in [0.05, 0.1) is 11.4 Å². The predicted octanol–water partition coefficient (Wildman–Crippen LogP) is 14.4. The van der Waals surface area contributed by atoms with Gasteiger partial charge in [0.1, 0.15) is 0 Å². The van der Waals surface area contributed by atoms with Crippen LogP contribution in [0.3, 0.4) is 0 Å². The molecule has 2 heteroatoms. The van der Waals surface area contributed by atoms with Gasteiger partial charge in [0.25, 0.3) is 0 Å². The standard InChI is InChI=1S/C52H42N2/c1-3-19-37(20-4-1)53(47-29-11-17-35-15-7-9-23-39(35)47)49-33-31-43-44-32-34-50(46-28-14-26-42(52(44)46)41-25-13-27-45(49)51(41)43)54(38-21-5-2-6-22-38)48-30-12-18-36-16-8-10-24-40(36)48/h1-6,11-14,17-22,25-34H,7-10,15-16,23-24H2. The Morgan fingerprint density at radius 3 is 1.13 bits per heavy atom. The Hall–Kier alpha value is -6.12. The number of aryl methyl sites for hydroxylation is 2. The van der Waals surface area contributed by atoms with E-state index in [1.165, 1.54) is 125 Å². The zero-order valence-electron chi connectivity index (χ0n) is 30.6. The monoisotopic (exact) mass is 694 g/mol. The Morgan fingerprint density at radius 1 is 0.278 bits per heavy atom. The topological polar surface area (TPSA) is 6.48 Å². The molecule has 0 heterocycles. The Balaban J connectivity index is 1.17. The van der Waals surface area contributed by atoms with Crippen LogP contribution in [0.2, 0.25) is 0 Å². The van der Waals surface area contributed by atoms with Crippen molar-refractivity contribution in [3.63, 3.8) is 0 Å². The van der Waals surface area contributed by atoms with Gasteiger partial charge in [-0.25, -0.2) is 0 Å². The molecule has 0 N–H and O–H groups in total. The molecule has 11 rings (SSSR count). The van der Waals surface area contributed by atoms with Crippen molar-refractivity contribution in [2.24, 2.45) is 0 Å². The van der Waals surface area contributed by atoms with Crippen molar-refractivity contribution in [3.8, 4) is 0 Å². The van der Waals surface area contributed by atoms with Crippen molar-refractivity contribution in [1.82, 2.24) is 0 Å². The average Bonchev–Trinajstić information content (AvgIpc) is 3.24. The quantitative estimate of drug-likeness (QED) is 0.126. The second-order valence-electron chi connectivity index (χ2n) is 15.3. The van der Waals surface area contributed by atoms with E-state index in [2.05, 4.69) is 168 Å². The van der Waals surface area contributed by atoms with Crippen LogP contribution in [0.5, 0.6) is 0 Å². The van der Waals surface area contributed by atoms with Crippen LogP contribution in [0.15, 0.2) is 158 Å². The summed E-state index contributed by atoms with van der Waals surface area (Å²) in [6.07, 6.45) is 9.60. The van der Waals surface area contributed by atoms with E-state index in [1.807, 2.05) is 0 Å². The third kappa shape index (κ3) is 4.86. The predicted molar refractivity (Wildman–Crippen MR) is 230 cm³/mol. The fourth-order valence-corrected chi connectivity index (χ4v) is 9.98. The minimum absolute atomic E-state index is 1.12. The van der Waals surface area contributed by atoms with Crippen LogP contribution in [-0.4, -0.2) is 0 Å². The zero-order chi connectivity index (χ0) is 35.6. The third-order valence-corrected chi connectivity index (χ3v) is 12.4. The van der Waals surface area contributed by atoms with Gasteiger partial charge in [0, 0.05) is 33.5 Å². The molecule has 0 aliphatic heterocycles. The van der Waals surface area contributed by atoms with Gasteiger partial charge in [-0.3, -0.25) is 0 Å². The molecule has 0 aromatic heterocycles. The second kappa shape index (κ2) is 12.8. The minimum atomic E-state index is 1.12. The van der Waals surface area contributed by atoms with Gasteiger partial charge in [-0.05, 0) is 154 Å². The van der Waals surface area contributed by atoms with E-state index < -0.39 is 0 Å². The summed E-state index contributed by atoms with van der Waals surface area (Å²) >= 11 is 0. The summed E-state index contributed by atoms with van der Waals surface area (Å²) in [4.78, 5) is 5.06. The molecule has 0 unspecified atom stereocenters. The fourth-order valence-electron chi connectivity index (χ4n) is 9.98. The first kappa shape index (κ1) is 31.4. The molecular formula is C52H42N2. The Labute approximate surface area is 317 Å². The molecule has 9 aromatic rings. The zero-order valence-corrected chi connectivity index (χ0v) is 30.6. The molecule has 260 valence electrons. The van der Waals surface area contributed by atoms with E-state index in [9.17, 15) is 0 Å². The first-order valence-corrected chi connectivity index (χ1v) is 19.9. The highest BCUT2D eigenvalue weighted by atomic mass is 15.2. The second-order valence-corrected chi connectivity index (χ2v) is 15.3. The number of nitrogens with zero attached hydrogens (tertiary/aromatic N) is 2. The molecular weight excluding hydrogens is 653 g/mol. The van der Waals surface area contributed by atoms with Crippen LogP contribution in [0, 0.1) is 0 Å². The maximum atomic E-state index is 2.53. The third-order valence-electron chi connectivity index (χ3n) is 12.4. The molecule has 2 nitrogen and oxygen atoms in total. The van der Waals surface area contributed by atoms with Gasteiger partial charge >= 0.3 is 0 Å². The molecule has 0 amide bonds. The van der Waals surface area contributed by atoms with Crippen LogP contribution in [0.25, 0.3) is 43.1 Å². The number of benzene rings is 9. The van der Waals surface area contributed by atoms with E-state index in [1.54, 1.807) is 0 Å². The van der Waals surface area contributed by atoms with E-state index >= 15 is 0 Å². The summed E-state index contributed by atoms with van der Waals surface area (Å²) in [5.74, 6) is 0. The highest BCUT2D eigenvalue weighted by molar-refractivity contribution is 6.35. The molecule has 0 saturated carbocycles. The van der Waals surface area contributed by atoms with Gasteiger partial charge in [0.2, 0.25) is 0 Å². The molecule has 0 saturated heterocycles. The Kier molecular flexibility index (Phi) is 7.43. The van der Waals surface area contributed by atoms with Crippen molar-refractivity contribution < 1.29 is 0 Å². The highest BCUT2D eigenvalue weighted by Crippen LogP contribution is 2.50. The lowest BCUT2D eigenvalue weighted by atomic mass is 9.87. The molecule has 0 spiro atoms. The average molecular weight is 695 g/mol. The number of hydrogen-bond donors (Lipinski definition) is 0. The first-order chi connectivity index (χ1) is 26.8. The number of para-hydroxylation sites is 2. The molecule has 0 fully saturated rings. The van der Waals surface area contributed by atoms with Crippen molar-refractivity contribution in [2.75, 3.05) is 9.80 Å². The van der Waals surface area contributed by atoms with Crippen LogP contribution in [0.4, 0.5) is 34.1 Å². The molecule has 0 bridgehead atoms. The van der Waals surface area contributed by atoms with Crippen LogP contribution in [0.1, 0.15) is 47.9 Å². The van der Waals surface area contributed by atoms with Gasteiger partial charge in [-0.15, -0.1) is 0 Å². The number of fused-ring (bicyclic) bond motifs is 4. The summed E-state index contributed by atoms with van der Waals surface area (Å²) in [6.45, 7) is 0. The van der Waals surface area contributed by atoms with E-state index in [0.29, 0.717) is 0 Å². The van der Waals surface area contributed by atoms with E-state index in [0.717, 1.165) is 25.7 Å². The molecule has 2 aliphatic rings. The lowest BCUT2D eigenvalue weighted by molar-refractivity contribution is 0.686. The number of hydrogen-bond acceptors (Lipinski definition) is 2. The van der Waals surface area contributed by atoms with E-state index in [4.69, 9.17) is 0 Å². The van der Waals surface area contributed by atoms with Gasteiger partial charge < -0.3 is 9.80 Å². The highest BCUT2D eigenvalue weighted by Gasteiger charge is 2.26. The maximum absolute atomic E-state index is 2.53. The van der Waals surface area contributed by atoms with Gasteiger partial charge in [-0.1, -0.05) is 109 Å². The first-order valence-electron chi connectivity index (χ1n) is 19.9. The molecule has 54 heavy (non-hydrogen) atoms. The largest absolute Gasteiger partial charge is 0.310 e. The normalized spacial score (nSPS) is 14.1.